The summed E-state index contributed by atoms with van der Waals surface area (Å²) >= 11 is 0. The zero-order valence-corrected chi connectivity index (χ0v) is 16.5. The topological polar surface area (TPSA) is 102 Å². The van der Waals surface area contributed by atoms with E-state index in [1.165, 1.54) is 13.3 Å². The van der Waals surface area contributed by atoms with Gasteiger partial charge in [-0.2, -0.15) is 0 Å². The first-order valence-corrected chi connectivity index (χ1v) is 10.4. The van der Waals surface area contributed by atoms with E-state index >= 15 is 0 Å². The number of nitrogens with zero attached hydrogens (tertiary/aromatic N) is 2. The highest BCUT2D eigenvalue weighted by atomic mass is 32.2. The van der Waals surface area contributed by atoms with Gasteiger partial charge in [0.2, 0.25) is 0 Å². The highest BCUT2D eigenvalue weighted by Crippen LogP contribution is 2.26. The molecule has 0 aliphatic carbocycles. The Labute approximate surface area is 168 Å². The maximum atomic E-state index is 12.7. The molecular formula is C20H19N3O5S. The number of carbonyl (C=O) groups is 1. The molecule has 0 unspecified atom stereocenters. The number of anilines is 1. The lowest BCUT2D eigenvalue weighted by atomic mass is 10.00. The number of carbonyl (C=O) groups excluding carboxylic acids is 1. The van der Waals surface area contributed by atoms with Crippen molar-refractivity contribution in [2.24, 2.45) is 0 Å². The normalized spacial score (nSPS) is 13.6. The van der Waals surface area contributed by atoms with Crippen molar-refractivity contribution in [3.8, 4) is 5.95 Å². The Hall–Kier alpha value is -3.33. The van der Waals surface area contributed by atoms with Crippen LogP contribution in [0.1, 0.15) is 21.7 Å². The molecule has 1 amide bonds. The Morgan fingerprint density at radius 1 is 1.21 bits per heavy atom. The third-order valence-electron chi connectivity index (χ3n) is 4.69. The van der Waals surface area contributed by atoms with E-state index in [-0.39, 0.29) is 22.5 Å². The molecule has 0 spiro atoms. The lowest BCUT2D eigenvalue weighted by molar-refractivity contribution is 0.0696. The molecule has 0 saturated carbocycles. The number of furan rings is 1. The number of amides is 1. The third kappa shape index (κ3) is 3.95. The lowest BCUT2D eigenvalue weighted by Crippen LogP contribution is -2.35. The molecule has 2 aromatic heterocycles. The third-order valence-corrected chi connectivity index (χ3v) is 6.07. The molecule has 1 aliphatic rings. The number of hydrogen-bond donors (Lipinski definition) is 1. The molecule has 29 heavy (non-hydrogen) atoms. The van der Waals surface area contributed by atoms with Crippen molar-refractivity contribution in [1.29, 1.82) is 0 Å². The number of hydrogen-bond acceptors (Lipinski definition) is 6. The van der Waals surface area contributed by atoms with Gasteiger partial charge in [-0.15, -0.1) is 0 Å². The molecule has 9 heteroatoms. The zero-order valence-electron chi connectivity index (χ0n) is 15.7. The molecule has 0 fully saturated rings. The highest BCUT2D eigenvalue weighted by molar-refractivity contribution is 7.92. The van der Waals surface area contributed by atoms with Gasteiger partial charge in [-0.25, -0.2) is 8.42 Å². The van der Waals surface area contributed by atoms with Crippen LogP contribution >= 0.6 is 0 Å². The maximum absolute atomic E-state index is 12.7. The lowest BCUT2D eigenvalue weighted by Gasteiger charge is -2.28. The Kier molecular flexibility index (Phi) is 4.98. The van der Waals surface area contributed by atoms with Crippen LogP contribution in [0, 0.1) is 0 Å². The van der Waals surface area contributed by atoms with Gasteiger partial charge in [-0.3, -0.25) is 14.5 Å². The summed E-state index contributed by atoms with van der Waals surface area (Å²) in [5.74, 6) is 0.189. The van der Waals surface area contributed by atoms with Crippen molar-refractivity contribution < 1.29 is 22.4 Å². The quantitative estimate of drug-likeness (QED) is 0.690. The Balaban J connectivity index is 1.56. The van der Waals surface area contributed by atoms with Gasteiger partial charge < -0.3 is 14.1 Å². The molecule has 0 bridgehead atoms. The number of benzene rings is 1. The van der Waals surface area contributed by atoms with Gasteiger partial charge in [0.15, 0.2) is 5.76 Å². The smallest absolute Gasteiger partial charge is 0.290 e. The summed E-state index contributed by atoms with van der Waals surface area (Å²) in [7, 11) is -2.30. The maximum Gasteiger partial charge on any atom is 0.290 e. The largest absolute Gasteiger partial charge is 0.468 e. The number of rotatable bonds is 5. The van der Waals surface area contributed by atoms with E-state index in [0.29, 0.717) is 25.2 Å². The van der Waals surface area contributed by atoms with Gasteiger partial charge in [-0.1, -0.05) is 6.07 Å². The number of nitrogens with one attached hydrogen (secondary N) is 1. The van der Waals surface area contributed by atoms with Gasteiger partial charge in [0.25, 0.3) is 21.9 Å². The van der Waals surface area contributed by atoms with Crippen molar-refractivity contribution in [1.82, 2.24) is 9.88 Å². The summed E-state index contributed by atoms with van der Waals surface area (Å²) in [5, 5.41) is 0. The molecule has 150 valence electrons. The van der Waals surface area contributed by atoms with E-state index in [1.54, 1.807) is 53.6 Å². The van der Waals surface area contributed by atoms with E-state index in [9.17, 15) is 13.2 Å². The van der Waals surface area contributed by atoms with Gasteiger partial charge in [0.1, 0.15) is 0 Å². The standard InChI is InChI=1S/C20H19N3O5S/c1-27-19-7-6-18(28-19)20(24)23-10-8-14-4-5-17(11-15(14)13-23)29(25,26)22-16-3-2-9-21-12-16/h2-7,9,11-12,22H,8,10,13H2,1H3. The predicted octanol–water partition coefficient (Wildman–Crippen LogP) is 2.68. The van der Waals surface area contributed by atoms with Crippen molar-refractivity contribution in [2.75, 3.05) is 18.4 Å². The number of fused-ring (bicyclic) bond motifs is 1. The SMILES string of the molecule is COc1ccc(C(=O)N2CCc3ccc(S(=O)(=O)Nc4cccnc4)cc3C2)o1. The first-order chi connectivity index (χ1) is 14.0. The average molecular weight is 413 g/mol. The van der Waals surface area contributed by atoms with Crippen molar-refractivity contribution in [2.45, 2.75) is 17.9 Å². The van der Waals surface area contributed by atoms with Crippen LogP contribution in [-0.4, -0.2) is 37.9 Å². The fourth-order valence-electron chi connectivity index (χ4n) is 3.21. The minimum absolute atomic E-state index is 0.133. The van der Waals surface area contributed by atoms with E-state index < -0.39 is 10.0 Å². The summed E-state index contributed by atoms with van der Waals surface area (Å²) in [6.07, 6.45) is 3.64. The number of aromatic nitrogens is 1. The molecule has 0 saturated heterocycles. The van der Waals surface area contributed by atoms with Crippen LogP contribution < -0.4 is 9.46 Å². The number of sulfonamides is 1. The van der Waals surface area contributed by atoms with Crippen LogP contribution in [0.5, 0.6) is 5.95 Å². The Bertz CT molecular complexity index is 1140. The van der Waals surface area contributed by atoms with Gasteiger partial charge in [-0.05, 0) is 47.9 Å². The van der Waals surface area contributed by atoms with Crippen LogP contribution in [-0.2, 0) is 23.0 Å². The van der Waals surface area contributed by atoms with Crippen molar-refractivity contribution in [3.63, 3.8) is 0 Å². The second kappa shape index (κ2) is 7.59. The number of ether oxygens (including phenoxy) is 1. The summed E-state index contributed by atoms with van der Waals surface area (Å²) in [5.41, 5.74) is 2.19. The minimum atomic E-state index is -3.77. The molecule has 4 rings (SSSR count). The molecule has 0 radical (unpaired) electrons. The fraction of sp³-hybridized carbons (Fsp3) is 0.200. The summed E-state index contributed by atoms with van der Waals surface area (Å²) in [6, 6.07) is 11.4. The molecule has 3 aromatic rings. The first-order valence-electron chi connectivity index (χ1n) is 8.94. The molecule has 1 aliphatic heterocycles. The van der Waals surface area contributed by atoms with Crippen molar-refractivity contribution in [3.05, 3.63) is 71.7 Å². The summed E-state index contributed by atoms with van der Waals surface area (Å²) in [6.45, 7) is 0.822. The van der Waals surface area contributed by atoms with E-state index in [0.717, 1.165) is 11.1 Å². The minimum Gasteiger partial charge on any atom is -0.468 e. The molecule has 1 N–H and O–H groups in total. The Morgan fingerprint density at radius 2 is 2.07 bits per heavy atom. The van der Waals surface area contributed by atoms with Gasteiger partial charge in [0.05, 0.1) is 23.9 Å². The number of pyridine rings is 1. The molecule has 3 heterocycles. The zero-order chi connectivity index (χ0) is 20.4. The average Bonchev–Trinajstić information content (AvgIpc) is 3.22. The predicted molar refractivity (Wildman–Crippen MR) is 105 cm³/mol. The first kappa shape index (κ1) is 19.0. The van der Waals surface area contributed by atoms with Crippen LogP contribution in [0.3, 0.4) is 0 Å². The monoisotopic (exact) mass is 413 g/mol. The highest BCUT2D eigenvalue weighted by Gasteiger charge is 2.26. The molecule has 8 nitrogen and oxygen atoms in total. The molecule has 1 aromatic carbocycles. The van der Waals surface area contributed by atoms with E-state index in [1.807, 2.05) is 0 Å². The van der Waals surface area contributed by atoms with E-state index in [2.05, 4.69) is 9.71 Å². The molecule has 0 atom stereocenters. The van der Waals surface area contributed by atoms with Crippen LogP contribution in [0.15, 0.2) is 64.2 Å². The second-order valence-corrected chi connectivity index (χ2v) is 8.26. The van der Waals surface area contributed by atoms with Crippen LogP contribution in [0.2, 0.25) is 0 Å². The number of methoxy groups -OCH3 is 1. The van der Waals surface area contributed by atoms with Crippen LogP contribution in [0.25, 0.3) is 0 Å². The van der Waals surface area contributed by atoms with Crippen LogP contribution in [0.4, 0.5) is 5.69 Å². The molecular weight excluding hydrogens is 394 g/mol. The van der Waals surface area contributed by atoms with Gasteiger partial charge in [0, 0.05) is 25.4 Å². The Morgan fingerprint density at radius 3 is 2.79 bits per heavy atom. The summed E-state index contributed by atoms with van der Waals surface area (Å²) in [4.78, 5) is 18.4. The summed E-state index contributed by atoms with van der Waals surface area (Å²) < 4.78 is 38.3. The van der Waals surface area contributed by atoms with E-state index in [4.69, 9.17) is 9.15 Å². The van der Waals surface area contributed by atoms with Gasteiger partial charge >= 0.3 is 0 Å². The second-order valence-electron chi connectivity index (χ2n) is 6.58. The fourth-order valence-corrected chi connectivity index (χ4v) is 4.31. The van der Waals surface area contributed by atoms with Crippen molar-refractivity contribution >= 4 is 21.6 Å².